The molecule has 3 aromatic rings. The van der Waals surface area contributed by atoms with Crippen molar-refractivity contribution >= 4 is 23.1 Å². The summed E-state index contributed by atoms with van der Waals surface area (Å²) in [5.74, 6) is 0.587. The second-order valence-corrected chi connectivity index (χ2v) is 7.82. The third kappa shape index (κ3) is 4.73. The zero-order chi connectivity index (χ0) is 23.8. The van der Waals surface area contributed by atoms with Gasteiger partial charge < -0.3 is 15.5 Å². The van der Waals surface area contributed by atoms with E-state index in [2.05, 4.69) is 30.9 Å². The smallest absolute Gasteiger partial charge is 0.364 e. The Labute approximate surface area is 188 Å². The molecule has 1 aliphatic heterocycles. The van der Waals surface area contributed by atoms with E-state index >= 15 is 0 Å². The van der Waals surface area contributed by atoms with Gasteiger partial charge in [0.05, 0.1) is 36.4 Å². The Kier molecular flexibility index (Phi) is 5.91. The van der Waals surface area contributed by atoms with Crippen LogP contribution in [0.3, 0.4) is 0 Å². The second kappa shape index (κ2) is 8.68. The fraction of sp³-hybridized carbons (Fsp3) is 0.381. The monoisotopic (exact) mass is 460 g/mol. The number of likely N-dealkylation sites (N-methyl/N-ethyl adjacent to an activating group) is 1. The van der Waals surface area contributed by atoms with Crippen molar-refractivity contribution in [3.8, 4) is 0 Å². The van der Waals surface area contributed by atoms with Crippen molar-refractivity contribution in [3.05, 3.63) is 53.2 Å². The topological polar surface area (TPSA) is 101 Å². The molecule has 1 aliphatic rings. The lowest BCUT2D eigenvalue weighted by Gasteiger charge is -2.35. The summed E-state index contributed by atoms with van der Waals surface area (Å²) in [7, 11) is 1.89. The van der Waals surface area contributed by atoms with Crippen molar-refractivity contribution in [2.75, 3.05) is 22.6 Å². The maximum atomic E-state index is 12.6. The average Bonchev–Trinajstić information content (AvgIpc) is 3.20. The largest absolute Gasteiger partial charge is 0.433 e. The molecule has 0 aromatic carbocycles. The second-order valence-electron chi connectivity index (χ2n) is 7.82. The predicted molar refractivity (Wildman–Crippen MR) is 116 cm³/mol. The molecule has 2 N–H and O–H groups in total. The van der Waals surface area contributed by atoms with Crippen LogP contribution in [0, 0.1) is 6.92 Å². The lowest BCUT2D eigenvalue weighted by atomic mass is 10.1. The maximum Gasteiger partial charge on any atom is 0.433 e. The normalized spacial score (nSPS) is 15.9. The zero-order valence-electron chi connectivity index (χ0n) is 18.3. The third-order valence-corrected chi connectivity index (χ3v) is 5.46. The van der Waals surface area contributed by atoms with Gasteiger partial charge in [0.25, 0.3) is 0 Å². The van der Waals surface area contributed by atoms with Crippen LogP contribution in [0.5, 0.6) is 0 Å². The van der Waals surface area contributed by atoms with Gasteiger partial charge in [-0.05, 0) is 25.0 Å². The van der Waals surface area contributed by atoms with Crippen LogP contribution in [0.25, 0.3) is 0 Å². The Hall–Kier alpha value is -3.70. The van der Waals surface area contributed by atoms with E-state index < -0.39 is 11.9 Å². The average molecular weight is 460 g/mol. The molecular weight excluding hydrogens is 437 g/mol. The van der Waals surface area contributed by atoms with Gasteiger partial charge in [0.2, 0.25) is 5.91 Å². The molecule has 0 saturated carbocycles. The van der Waals surface area contributed by atoms with Gasteiger partial charge in [0.15, 0.2) is 0 Å². The molecule has 0 radical (unpaired) electrons. The van der Waals surface area contributed by atoms with Gasteiger partial charge in [-0.3, -0.25) is 9.78 Å². The highest BCUT2D eigenvalue weighted by atomic mass is 19.4. The predicted octanol–water partition coefficient (Wildman–Crippen LogP) is 3.22. The Balaban J connectivity index is 1.42. The quantitative estimate of drug-likeness (QED) is 0.583. The number of hydrogen-bond acceptors (Lipinski definition) is 7. The van der Waals surface area contributed by atoms with Crippen LogP contribution in [-0.2, 0) is 24.1 Å². The van der Waals surface area contributed by atoms with E-state index in [1.54, 1.807) is 6.20 Å². The molecule has 1 amide bonds. The molecule has 9 nitrogen and oxygen atoms in total. The number of aromatic nitrogens is 5. The van der Waals surface area contributed by atoms with Gasteiger partial charge in [0.1, 0.15) is 23.2 Å². The first-order chi connectivity index (χ1) is 15.7. The van der Waals surface area contributed by atoms with Crippen LogP contribution in [0.2, 0.25) is 0 Å². The molecule has 33 heavy (non-hydrogen) atoms. The molecule has 1 atom stereocenters. The molecule has 1 unspecified atom stereocenters. The van der Waals surface area contributed by atoms with Gasteiger partial charge >= 0.3 is 6.18 Å². The number of pyridine rings is 2. The van der Waals surface area contributed by atoms with Crippen molar-refractivity contribution in [2.24, 2.45) is 0 Å². The van der Waals surface area contributed by atoms with E-state index in [4.69, 9.17) is 0 Å². The number of nitrogens with zero attached hydrogens (tertiary/aromatic N) is 6. The molecule has 0 aliphatic carbocycles. The van der Waals surface area contributed by atoms with E-state index in [1.165, 1.54) is 16.9 Å². The molecule has 3 aromatic heterocycles. The molecule has 0 fully saturated rings. The third-order valence-electron chi connectivity index (χ3n) is 5.46. The van der Waals surface area contributed by atoms with Crippen molar-refractivity contribution < 1.29 is 18.0 Å². The summed E-state index contributed by atoms with van der Waals surface area (Å²) in [6, 6.07) is 3.95. The highest BCUT2D eigenvalue weighted by Gasteiger charge is 2.32. The number of alkyl halides is 3. The van der Waals surface area contributed by atoms with Gasteiger partial charge in [-0.2, -0.15) is 13.2 Å². The van der Waals surface area contributed by atoms with Crippen molar-refractivity contribution in [1.82, 2.24) is 25.0 Å². The van der Waals surface area contributed by atoms with Crippen molar-refractivity contribution in [1.29, 1.82) is 0 Å². The summed E-state index contributed by atoms with van der Waals surface area (Å²) in [5, 5.41) is 14.3. The molecule has 174 valence electrons. The summed E-state index contributed by atoms with van der Waals surface area (Å²) in [4.78, 5) is 22.2. The number of carbonyl (C=O) groups is 1. The fourth-order valence-electron chi connectivity index (χ4n) is 3.74. The number of fused-ring (bicyclic) bond motifs is 1. The van der Waals surface area contributed by atoms with Crippen LogP contribution in [0.15, 0.2) is 30.6 Å². The molecule has 0 bridgehead atoms. The first kappa shape index (κ1) is 22.5. The Morgan fingerprint density at radius 1 is 1.27 bits per heavy atom. The van der Waals surface area contributed by atoms with Gasteiger partial charge in [-0.1, -0.05) is 18.2 Å². The molecule has 0 spiro atoms. The van der Waals surface area contributed by atoms with Gasteiger partial charge in [-0.15, -0.1) is 5.10 Å². The standard InChI is InChI=1S/C21H23F3N8O/c1-4-15-20(33)28-19-12(2)27-18(7-16(19)31(15)3)26-9-14-11-32(30-29-14)10-13-5-6-17(25-8-13)21(22,23)24/h5-8,11,15H,4,9-10H2,1-3H3,(H,26,27)(H,28,33). The van der Waals surface area contributed by atoms with E-state index in [0.29, 0.717) is 41.4 Å². The molecule has 12 heteroatoms. The highest BCUT2D eigenvalue weighted by Crippen LogP contribution is 2.35. The summed E-state index contributed by atoms with van der Waals surface area (Å²) in [6.45, 7) is 4.39. The minimum Gasteiger partial charge on any atom is -0.364 e. The first-order valence-corrected chi connectivity index (χ1v) is 10.4. The zero-order valence-corrected chi connectivity index (χ0v) is 18.3. The Morgan fingerprint density at radius 3 is 2.73 bits per heavy atom. The van der Waals surface area contributed by atoms with Crippen molar-refractivity contribution in [3.63, 3.8) is 0 Å². The van der Waals surface area contributed by atoms with Gasteiger partial charge in [0, 0.05) is 19.3 Å². The number of hydrogen-bond donors (Lipinski definition) is 2. The van der Waals surface area contributed by atoms with Crippen LogP contribution >= 0.6 is 0 Å². The number of anilines is 3. The van der Waals surface area contributed by atoms with E-state index in [-0.39, 0.29) is 18.5 Å². The molecule has 0 saturated heterocycles. The van der Waals surface area contributed by atoms with Crippen LogP contribution in [0.4, 0.5) is 30.4 Å². The van der Waals surface area contributed by atoms with Crippen LogP contribution in [0.1, 0.15) is 36.0 Å². The Morgan fingerprint density at radius 2 is 2.06 bits per heavy atom. The number of halogens is 3. The minimum atomic E-state index is -4.47. The van der Waals surface area contributed by atoms with Crippen molar-refractivity contribution in [2.45, 2.75) is 45.6 Å². The molecule has 4 heterocycles. The summed E-state index contributed by atoms with van der Waals surface area (Å²) in [6.07, 6.45) is -0.897. The van der Waals surface area contributed by atoms with E-state index in [0.717, 1.165) is 11.8 Å². The molecule has 4 rings (SSSR count). The molecular formula is C21H23F3N8O. The SMILES string of the molecule is CCC1C(=O)Nc2c(cc(NCc3cn(Cc4ccc(C(F)(F)F)nc4)nn3)nc2C)N1C. The maximum absolute atomic E-state index is 12.6. The highest BCUT2D eigenvalue weighted by molar-refractivity contribution is 6.04. The number of aryl methyl sites for hydroxylation is 1. The first-order valence-electron chi connectivity index (χ1n) is 10.4. The lowest BCUT2D eigenvalue weighted by molar-refractivity contribution is -0.141. The van der Waals surface area contributed by atoms with Crippen LogP contribution in [-0.4, -0.2) is 44.0 Å². The summed E-state index contributed by atoms with van der Waals surface area (Å²) < 4.78 is 39.5. The minimum absolute atomic E-state index is 0.0435. The van der Waals surface area contributed by atoms with Gasteiger partial charge in [-0.25, -0.2) is 9.67 Å². The Bertz CT molecular complexity index is 1160. The van der Waals surface area contributed by atoms with E-state index in [1.807, 2.05) is 31.9 Å². The van der Waals surface area contributed by atoms with E-state index in [9.17, 15) is 18.0 Å². The number of nitrogens with one attached hydrogen (secondary N) is 2. The number of rotatable bonds is 6. The number of amides is 1. The lowest BCUT2D eigenvalue weighted by Crippen LogP contribution is -2.45. The summed E-state index contributed by atoms with van der Waals surface area (Å²) in [5.41, 5.74) is 2.57. The number of carbonyl (C=O) groups excluding carboxylic acids is 1. The fourth-order valence-corrected chi connectivity index (χ4v) is 3.74. The van der Waals surface area contributed by atoms with Crippen LogP contribution < -0.4 is 15.5 Å². The summed E-state index contributed by atoms with van der Waals surface area (Å²) >= 11 is 0.